The maximum atomic E-state index is 12.8. The minimum atomic E-state index is -1.54. The second-order valence-electron chi connectivity index (χ2n) is 17.2. The fourth-order valence-electron chi connectivity index (χ4n) is 7.31. The zero-order valence-electron chi connectivity index (χ0n) is 40.5. The van der Waals surface area contributed by atoms with Crippen LogP contribution in [-0.4, -0.2) is 89.6 Å². The first-order valence-electron chi connectivity index (χ1n) is 25.7. The number of hydrogen-bond donors (Lipinski definition) is 4. The highest BCUT2D eigenvalue weighted by atomic mass is 16.7. The minimum absolute atomic E-state index is 0.125. The van der Waals surface area contributed by atoms with Crippen LogP contribution in [-0.2, 0) is 23.7 Å². The lowest BCUT2D eigenvalue weighted by Crippen LogP contribution is -2.59. The number of rotatable bonds is 43. The Morgan fingerprint density at radius 2 is 0.953 bits per heavy atom. The van der Waals surface area contributed by atoms with Crippen LogP contribution in [0.2, 0.25) is 0 Å². The Kier molecular flexibility index (Phi) is 42.2. The smallest absolute Gasteiger partial charge is 0.306 e. The molecule has 0 spiro atoms. The van der Waals surface area contributed by atoms with Crippen LogP contribution in [0.3, 0.4) is 0 Å². The predicted octanol–water partition coefficient (Wildman–Crippen LogP) is 12.6. The van der Waals surface area contributed by atoms with Gasteiger partial charge in [0.05, 0.1) is 19.8 Å². The molecule has 64 heavy (non-hydrogen) atoms. The summed E-state index contributed by atoms with van der Waals surface area (Å²) in [4.78, 5) is 12.8. The lowest BCUT2D eigenvalue weighted by molar-refractivity contribution is -0.305. The molecule has 1 heterocycles. The highest BCUT2D eigenvalue weighted by Crippen LogP contribution is 2.22. The topological polar surface area (TPSA) is 135 Å². The molecule has 1 rings (SSSR count). The van der Waals surface area contributed by atoms with Crippen LogP contribution in [0.15, 0.2) is 85.1 Å². The van der Waals surface area contributed by atoms with E-state index in [4.69, 9.17) is 18.9 Å². The van der Waals surface area contributed by atoms with Crippen molar-refractivity contribution in [3.05, 3.63) is 85.1 Å². The summed E-state index contributed by atoms with van der Waals surface area (Å²) in [6.45, 7) is 4.39. The average Bonchev–Trinajstić information content (AvgIpc) is 3.30. The molecular weight excluding hydrogens is 805 g/mol. The highest BCUT2D eigenvalue weighted by molar-refractivity contribution is 5.69. The number of carbonyl (C=O) groups excluding carboxylic acids is 1. The minimum Gasteiger partial charge on any atom is -0.457 e. The van der Waals surface area contributed by atoms with Crippen molar-refractivity contribution >= 4 is 5.97 Å². The SMILES string of the molecule is CC/C=C\C/C=C\C/C=C\C/C=C\C/C=C\CCCCCCCCCCCC(=O)OC(COCCCCCCCC/C=C\C/C=C\CCCCC)COC1OC(CO)C(O)C(O)C1O. The first-order valence-corrected chi connectivity index (χ1v) is 25.7. The Balaban J connectivity index is 2.21. The van der Waals surface area contributed by atoms with Gasteiger partial charge in [0.1, 0.15) is 30.5 Å². The molecule has 4 N–H and O–H groups in total. The first kappa shape index (κ1) is 59.4. The van der Waals surface area contributed by atoms with E-state index in [1.807, 2.05) is 0 Å². The molecule has 0 radical (unpaired) electrons. The number of esters is 1. The summed E-state index contributed by atoms with van der Waals surface area (Å²) in [5.74, 6) is -0.327. The van der Waals surface area contributed by atoms with E-state index >= 15 is 0 Å². The van der Waals surface area contributed by atoms with Gasteiger partial charge in [-0.2, -0.15) is 0 Å². The van der Waals surface area contributed by atoms with Gasteiger partial charge in [0.15, 0.2) is 6.29 Å². The quantitative estimate of drug-likeness (QED) is 0.0268. The van der Waals surface area contributed by atoms with Gasteiger partial charge in [0.2, 0.25) is 0 Å². The number of aliphatic hydroxyl groups is 4. The van der Waals surface area contributed by atoms with Gasteiger partial charge in [-0.25, -0.2) is 0 Å². The summed E-state index contributed by atoms with van der Waals surface area (Å²) >= 11 is 0. The molecule has 9 nitrogen and oxygen atoms in total. The summed E-state index contributed by atoms with van der Waals surface area (Å²) in [7, 11) is 0. The molecule has 0 aromatic heterocycles. The molecule has 0 bridgehead atoms. The van der Waals surface area contributed by atoms with Crippen LogP contribution in [0.4, 0.5) is 0 Å². The van der Waals surface area contributed by atoms with E-state index in [0.717, 1.165) is 89.9 Å². The summed E-state index contributed by atoms with van der Waals surface area (Å²) < 4.78 is 22.9. The van der Waals surface area contributed by atoms with Crippen LogP contribution in [0.5, 0.6) is 0 Å². The van der Waals surface area contributed by atoms with Crippen molar-refractivity contribution in [2.24, 2.45) is 0 Å². The van der Waals surface area contributed by atoms with Gasteiger partial charge in [-0.1, -0.05) is 182 Å². The molecular formula is C55H94O9. The lowest BCUT2D eigenvalue weighted by Gasteiger charge is -2.39. The van der Waals surface area contributed by atoms with Crippen molar-refractivity contribution in [1.29, 1.82) is 0 Å². The van der Waals surface area contributed by atoms with E-state index in [0.29, 0.717) is 13.0 Å². The van der Waals surface area contributed by atoms with Gasteiger partial charge in [0.25, 0.3) is 0 Å². The van der Waals surface area contributed by atoms with Crippen LogP contribution >= 0.6 is 0 Å². The highest BCUT2D eigenvalue weighted by Gasteiger charge is 2.44. The standard InChI is InChI=1S/C55H94O9/c1-3-5-7-9-11-13-15-17-19-21-22-23-24-25-26-27-28-29-30-32-34-36-38-40-42-44-51(57)63-49(48-62-55-54(60)53(59)52(58)50(46-56)64-55)47-61-45-43-41-39-37-35-33-31-20-18-16-14-12-10-8-6-4-2/h5,7,11-14,17-20,22-23,25-26,49-50,52-56,58-60H,3-4,6,8-10,15-16,21,24,27-48H2,1-2H3/b7-5-,13-11-,14-12-,19-17-,20-18-,23-22-,26-25-. The van der Waals surface area contributed by atoms with Crippen molar-refractivity contribution in [2.75, 3.05) is 26.4 Å². The maximum absolute atomic E-state index is 12.8. The van der Waals surface area contributed by atoms with E-state index in [2.05, 4.69) is 98.9 Å². The Labute approximate surface area is 390 Å². The van der Waals surface area contributed by atoms with Gasteiger partial charge < -0.3 is 39.4 Å². The second-order valence-corrected chi connectivity index (χ2v) is 17.2. The molecule has 0 aromatic carbocycles. The monoisotopic (exact) mass is 899 g/mol. The van der Waals surface area contributed by atoms with Gasteiger partial charge in [-0.3, -0.25) is 4.79 Å². The molecule has 1 saturated heterocycles. The molecule has 0 amide bonds. The van der Waals surface area contributed by atoms with Gasteiger partial charge in [-0.05, 0) is 89.9 Å². The largest absolute Gasteiger partial charge is 0.457 e. The van der Waals surface area contributed by atoms with Crippen molar-refractivity contribution in [3.63, 3.8) is 0 Å². The number of unbranched alkanes of at least 4 members (excludes halogenated alkanes) is 18. The number of aliphatic hydroxyl groups excluding tert-OH is 4. The predicted molar refractivity (Wildman–Crippen MR) is 265 cm³/mol. The number of hydrogen-bond acceptors (Lipinski definition) is 9. The van der Waals surface area contributed by atoms with E-state index < -0.39 is 43.4 Å². The Bertz CT molecular complexity index is 1250. The summed E-state index contributed by atoms with van der Waals surface area (Å²) in [5, 5.41) is 40.2. The van der Waals surface area contributed by atoms with Crippen molar-refractivity contribution in [3.8, 4) is 0 Å². The fourth-order valence-corrected chi connectivity index (χ4v) is 7.31. The number of allylic oxidation sites excluding steroid dienone is 14. The molecule has 6 atom stereocenters. The Morgan fingerprint density at radius 3 is 1.44 bits per heavy atom. The molecule has 0 aliphatic carbocycles. The Morgan fingerprint density at radius 1 is 0.516 bits per heavy atom. The normalized spacial score (nSPS) is 20.2. The van der Waals surface area contributed by atoms with Crippen LogP contribution in [0.1, 0.15) is 194 Å². The van der Waals surface area contributed by atoms with Crippen molar-refractivity contribution in [2.45, 2.75) is 230 Å². The molecule has 0 aromatic rings. The number of carbonyl (C=O) groups is 1. The lowest BCUT2D eigenvalue weighted by atomic mass is 9.99. The van der Waals surface area contributed by atoms with Crippen LogP contribution < -0.4 is 0 Å². The summed E-state index contributed by atoms with van der Waals surface area (Å²) in [5.41, 5.74) is 0. The Hall–Kier alpha value is -2.63. The summed E-state index contributed by atoms with van der Waals surface area (Å²) in [6, 6.07) is 0. The first-order chi connectivity index (χ1) is 31.4. The molecule has 1 aliphatic heterocycles. The third-order valence-electron chi connectivity index (χ3n) is 11.3. The third-order valence-corrected chi connectivity index (χ3v) is 11.3. The van der Waals surface area contributed by atoms with Crippen LogP contribution in [0, 0.1) is 0 Å². The fraction of sp³-hybridized carbons (Fsp3) is 0.727. The number of ether oxygens (including phenoxy) is 4. The zero-order chi connectivity index (χ0) is 46.4. The summed E-state index contributed by atoms with van der Waals surface area (Å²) in [6.07, 6.45) is 54.7. The van der Waals surface area contributed by atoms with Gasteiger partial charge in [0, 0.05) is 13.0 Å². The van der Waals surface area contributed by atoms with Crippen molar-refractivity contribution < 1.29 is 44.2 Å². The van der Waals surface area contributed by atoms with Crippen molar-refractivity contribution in [1.82, 2.24) is 0 Å². The average molecular weight is 899 g/mol. The molecule has 0 saturated carbocycles. The van der Waals surface area contributed by atoms with E-state index in [1.165, 1.54) is 83.5 Å². The maximum Gasteiger partial charge on any atom is 0.306 e. The molecule has 6 unspecified atom stereocenters. The van der Waals surface area contributed by atoms with Gasteiger partial charge in [-0.15, -0.1) is 0 Å². The molecule has 1 fully saturated rings. The zero-order valence-corrected chi connectivity index (χ0v) is 40.5. The molecule has 368 valence electrons. The second kappa shape index (κ2) is 45.5. The van der Waals surface area contributed by atoms with E-state index in [1.54, 1.807) is 0 Å². The van der Waals surface area contributed by atoms with E-state index in [9.17, 15) is 25.2 Å². The van der Waals surface area contributed by atoms with E-state index in [-0.39, 0.29) is 19.2 Å². The third kappa shape index (κ3) is 35.6. The van der Waals surface area contributed by atoms with Gasteiger partial charge >= 0.3 is 5.97 Å². The van der Waals surface area contributed by atoms with Crippen LogP contribution in [0.25, 0.3) is 0 Å². The molecule has 9 heteroatoms. The molecule has 1 aliphatic rings.